The van der Waals surface area contributed by atoms with Crippen LogP contribution in [0.4, 0.5) is 0 Å². The zero-order chi connectivity index (χ0) is 11.4. The van der Waals surface area contributed by atoms with E-state index in [-0.39, 0.29) is 6.61 Å². The summed E-state index contributed by atoms with van der Waals surface area (Å²) in [7, 11) is 0. The van der Waals surface area contributed by atoms with Gasteiger partial charge in [-0.3, -0.25) is 0 Å². The van der Waals surface area contributed by atoms with Crippen molar-refractivity contribution in [3.05, 3.63) is 39.8 Å². The van der Waals surface area contributed by atoms with Crippen LogP contribution in [0.25, 0.3) is 0 Å². The van der Waals surface area contributed by atoms with Gasteiger partial charge >= 0.3 is 0 Å². The van der Waals surface area contributed by atoms with Gasteiger partial charge in [-0.1, -0.05) is 34.1 Å². The van der Waals surface area contributed by atoms with E-state index in [9.17, 15) is 5.11 Å². The molecule has 1 N–H and O–H groups in total. The third-order valence-electron chi connectivity index (χ3n) is 1.81. The second kappa shape index (κ2) is 5.54. The number of hydrogen-bond donors (Lipinski definition) is 1. The Morgan fingerprint density at radius 1 is 1.67 bits per heavy atom. The molecule has 0 fully saturated rings. The molecule has 1 aromatic rings. The highest BCUT2D eigenvalue weighted by Crippen LogP contribution is 2.28. The Bertz CT molecular complexity index is 364. The van der Waals surface area contributed by atoms with E-state index < -0.39 is 6.10 Å². The van der Waals surface area contributed by atoms with Gasteiger partial charge in [-0.25, -0.2) is 0 Å². The molecule has 0 aromatic heterocycles. The summed E-state index contributed by atoms with van der Waals surface area (Å²) >= 11 is 8.93. The number of hydrogen-bond acceptors (Lipinski definition) is 2. The van der Waals surface area contributed by atoms with Crippen LogP contribution in [0.15, 0.2) is 34.3 Å². The van der Waals surface area contributed by atoms with E-state index in [4.69, 9.17) is 16.3 Å². The van der Waals surface area contributed by atoms with Crippen LogP contribution in [0.5, 0.6) is 5.75 Å². The highest BCUT2D eigenvalue weighted by Gasteiger charge is 2.09. The molecule has 0 saturated carbocycles. The Labute approximate surface area is 103 Å². The summed E-state index contributed by atoms with van der Waals surface area (Å²) in [5.41, 5.74) is 0.724. The number of rotatable bonds is 4. The summed E-state index contributed by atoms with van der Waals surface area (Å²) < 4.78 is 6.30. The highest BCUT2D eigenvalue weighted by atomic mass is 79.9. The lowest BCUT2D eigenvalue weighted by molar-refractivity contribution is 0.192. The first-order chi connectivity index (χ1) is 7.00. The van der Waals surface area contributed by atoms with Crippen molar-refractivity contribution >= 4 is 27.5 Å². The largest absolute Gasteiger partial charge is 0.488 e. The maximum Gasteiger partial charge on any atom is 0.125 e. The van der Waals surface area contributed by atoms with E-state index in [1.165, 1.54) is 0 Å². The lowest BCUT2D eigenvalue weighted by atomic mass is 10.1. The Morgan fingerprint density at radius 3 is 2.87 bits per heavy atom. The molecule has 1 rings (SSSR count). The minimum Gasteiger partial charge on any atom is -0.488 e. The van der Waals surface area contributed by atoms with Crippen LogP contribution in [0, 0.1) is 0 Å². The van der Waals surface area contributed by atoms with Gasteiger partial charge in [0.25, 0.3) is 0 Å². The molecule has 0 spiro atoms. The minimum absolute atomic E-state index is 0.239. The number of benzene rings is 1. The molecule has 4 heteroatoms. The molecule has 0 heterocycles. The van der Waals surface area contributed by atoms with Gasteiger partial charge in [-0.05, 0) is 25.1 Å². The van der Waals surface area contributed by atoms with E-state index in [1.54, 1.807) is 13.0 Å². The van der Waals surface area contributed by atoms with Gasteiger partial charge < -0.3 is 9.84 Å². The fourth-order valence-electron chi connectivity index (χ4n) is 1.13. The van der Waals surface area contributed by atoms with Crippen LogP contribution in [0.2, 0.25) is 0 Å². The van der Waals surface area contributed by atoms with E-state index in [2.05, 4.69) is 22.5 Å². The summed E-state index contributed by atoms with van der Waals surface area (Å²) in [6, 6.07) is 5.45. The summed E-state index contributed by atoms with van der Waals surface area (Å²) in [5, 5.41) is 9.96. The minimum atomic E-state index is -0.582. The van der Waals surface area contributed by atoms with Crippen LogP contribution >= 0.6 is 27.5 Å². The van der Waals surface area contributed by atoms with Gasteiger partial charge in [0, 0.05) is 15.1 Å². The maximum atomic E-state index is 9.54. The van der Waals surface area contributed by atoms with Gasteiger partial charge in [-0.15, -0.1) is 0 Å². The van der Waals surface area contributed by atoms with Crippen LogP contribution in [0.1, 0.15) is 18.6 Å². The molecule has 0 aliphatic carbocycles. The number of ether oxygens (including phenoxy) is 1. The van der Waals surface area contributed by atoms with E-state index in [0.29, 0.717) is 10.8 Å². The molecule has 1 aromatic carbocycles. The molecular formula is C11H12BrClO2. The summed E-state index contributed by atoms with van der Waals surface area (Å²) in [6.07, 6.45) is -0.582. The second-order valence-corrected chi connectivity index (χ2v) is 4.61. The Balaban J connectivity index is 2.90. The SMILES string of the molecule is C=C(Cl)COc1ccc(Br)cc1[C@H](C)O. The van der Waals surface area contributed by atoms with Crippen molar-refractivity contribution < 1.29 is 9.84 Å². The normalized spacial score (nSPS) is 12.3. The predicted octanol–water partition coefficient (Wildman–Crippen LogP) is 3.63. The first-order valence-corrected chi connectivity index (χ1v) is 5.61. The summed E-state index contributed by atoms with van der Waals surface area (Å²) in [4.78, 5) is 0. The first kappa shape index (κ1) is 12.6. The topological polar surface area (TPSA) is 29.5 Å². The molecule has 0 unspecified atom stereocenters. The van der Waals surface area contributed by atoms with Crippen LogP contribution in [-0.4, -0.2) is 11.7 Å². The lowest BCUT2D eigenvalue weighted by Gasteiger charge is -2.13. The molecule has 1 atom stereocenters. The quantitative estimate of drug-likeness (QED) is 0.918. The van der Waals surface area contributed by atoms with Crippen molar-refractivity contribution in [2.24, 2.45) is 0 Å². The molecule has 82 valence electrons. The van der Waals surface area contributed by atoms with Crippen LogP contribution in [0.3, 0.4) is 0 Å². The molecule has 2 nitrogen and oxygen atoms in total. The summed E-state index contributed by atoms with van der Waals surface area (Å²) in [5.74, 6) is 0.620. The molecule has 0 bridgehead atoms. The molecular weight excluding hydrogens is 279 g/mol. The Kier molecular flexibility index (Phi) is 4.64. The van der Waals surface area contributed by atoms with Gasteiger partial charge in [0.05, 0.1) is 6.10 Å². The molecule has 0 radical (unpaired) electrons. The predicted molar refractivity (Wildman–Crippen MR) is 65.3 cm³/mol. The zero-order valence-corrected chi connectivity index (χ0v) is 10.7. The van der Waals surface area contributed by atoms with Crippen molar-refractivity contribution in [3.8, 4) is 5.75 Å². The standard InChI is InChI=1S/C11H12BrClO2/c1-7(13)6-15-11-4-3-9(12)5-10(11)8(2)14/h3-5,8,14H,1,6H2,2H3/t8-/m0/s1. The zero-order valence-electron chi connectivity index (χ0n) is 8.34. The average Bonchev–Trinajstić information content (AvgIpc) is 2.15. The molecule has 15 heavy (non-hydrogen) atoms. The number of aliphatic hydroxyl groups is 1. The van der Waals surface area contributed by atoms with E-state index in [0.717, 1.165) is 10.0 Å². The first-order valence-electron chi connectivity index (χ1n) is 4.44. The van der Waals surface area contributed by atoms with Crippen molar-refractivity contribution in [2.75, 3.05) is 6.61 Å². The Hall–Kier alpha value is -0.510. The highest BCUT2D eigenvalue weighted by molar-refractivity contribution is 9.10. The fraction of sp³-hybridized carbons (Fsp3) is 0.273. The molecule has 0 amide bonds. The van der Waals surface area contributed by atoms with Crippen molar-refractivity contribution in [2.45, 2.75) is 13.0 Å². The van der Waals surface area contributed by atoms with Gasteiger partial charge in [-0.2, -0.15) is 0 Å². The summed E-state index contributed by atoms with van der Waals surface area (Å²) in [6.45, 7) is 5.45. The molecule has 0 saturated heterocycles. The Morgan fingerprint density at radius 2 is 2.33 bits per heavy atom. The number of aliphatic hydroxyl groups excluding tert-OH is 1. The van der Waals surface area contributed by atoms with E-state index >= 15 is 0 Å². The van der Waals surface area contributed by atoms with Crippen molar-refractivity contribution in [3.63, 3.8) is 0 Å². The lowest BCUT2D eigenvalue weighted by Crippen LogP contribution is -2.02. The average molecular weight is 292 g/mol. The van der Waals surface area contributed by atoms with Gasteiger partial charge in [0.2, 0.25) is 0 Å². The third-order valence-corrected chi connectivity index (χ3v) is 2.41. The van der Waals surface area contributed by atoms with Gasteiger partial charge in [0.1, 0.15) is 12.4 Å². The number of halogens is 2. The van der Waals surface area contributed by atoms with Crippen molar-refractivity contribution in [1.29, 1.82) is 0 Å². The molecule has 0 aliphatic heterocycles. The second-order valence-electron chi connectivity index (χ2n) is 3.16. The third kappa shape index (κ3) is 3.86. The van der Waals surface area contributed by atoms with E-state index in [1.807, 2.05) is 12.1 Å². The molecule has 0 aliphatic rings. The van der Waals surface area contributed by atoms with Crippen molar-refractivity contribution in [1.82, 2.24) is 0 Å². The monoisotopic (exact) mass is 290 g/mol. The smallest absolute Gasteiger partial charge is 0.125 e. The van der Waals surface area contributed by atoms with Crippen LogP contribution in [-0.2, 0) is 0 Å². The van der Waals surface area contributed by atoms with Crippen LogP contribution < -0.4 is 4.74 Å². The van der Waals surface area contributed by atoms with Gasteiger partial charge in [0.15, 0.2) is 0 Å². The maximum absolute atomic E-state index is 9.54. The fourth-order valence-corrected chi connectivity index (χ4v) is 1.57.